The first-order valence-electron chi connectivity index (χ1n) is 10.2. The van der Waals surface area contributed by atoms with Gasteiger partial charge in [-0.05, 0) is 106 Å². The molecule has 1 aromatic rings. The molecule has 0 atom stereocenters. The second-order valence-corrected chi connectivity index (χ2v) is 10.1. The van der Waals surface area contributed by atoms with Crippen LogP contribution in [0.5, 0.6) is 0 Å². The summed E-state index contributed by atoms with van der Waals surface area (Å²) in [4.78, 5) is 18.4. The van der Waals surface area contributed by atoms with Gasteiger partial charge in [-0.15, -0.1) is 0 Å². The number of nitrogens with zero attached hydrogens (tertiary/aromatic N) is 1. The van der Waals surface area contributed by atoms with Gasteiger partial charge < -0.3 is 0 Å². The molecule has 1 aromatic carbocycles. The van der Waals surface area contributed by atoms with Crippen LogP contribution < -0.4 is 0 Å². The Hall–Kier alpha value is -1.51. The number of benzene rings is 1. The zero-order valence-corrected chi connectivity index (χ0v) is 15.9. The van der Waals surface area contributed by atoms with Crippen LogP contribution in [0.1, 0.15) is 69.9 Å². The first kappa shape index (κ1) is 16.6. The highest BCUT2D eigenvalue weighted by molar-refractivity contribution is 6.13. The molecule has 2 nitrogen and oxygen atoms in total. The number of fused-ring (bicyclic) bond motifs is 1. The van der Waals surface area contributed by atoms with Crippen molar-refractivity contribution in [1.29, 1.82) is 0 Å². The van der Waals surface area contributed by atoms with Crippen molar-refractivity contribution in [2.24, 2.45) is 28.2 Å². The molecule has 4 fully saturated rings. The standard InChI is InChI=1S/C23H28FNO/c1-22(2)13-17-8-18(24)3-4-19(17)20(25-22)9-21(26)23-10-14-5-15(11-23)7-16(6-14)12-23/h3-4,8,14-16H,5-7,9-13H2,1-2H3. The molecule has 0 unspecified atom stereocenters. The molecule has 4 saturated carbocycles. The van der Waals surface area contributed by atoms with Crippen LogP contribution in [0.4, 0.5) is 4.39 Å². The van der Waals surface area contributed by atoms with E-state index in [1.54, 1.807) is 6.07 Å². The maximum Gasteiger partial charge on any atom is 0.145 e. The van der Waals surface area contributed by atoms with Gasteiger partial charge in [0.25, 0.3) is 0 Å². The molecule has 0 saturated heterocycles. The second kappa shape index (κ2) is 5.50. The summed E-state index contributed by atoms with van der Waals surface area (Å²) < 4.78 is 13.7. The SMILES string of the molecule is CC1(C)Cc2cc(F)ccc2C(CC(=O)C23CC4CC(CC(C4)C2)C3)=N1. The molecule has 0 radical (unpaired) electrons. The van der Waals surface area contributed by atoms with Gasteiger partial charge >= 0.3 is 0 Å². The van der Waals surface area contributed by atoms with Crippen LogP contribution in [0.15, 0.2) is 23.2 Å². The minimum absolute atomic E-state index is 0.0843. The van der Waals surface area contributed by atoms with Crippen LogP contribution in [0.2, 0.25) is 0 Å². The molecular formula is C23H28FNO. The summed E-state index contributed by atoms with van der Waals surface area (Å²) in [5.74, 6) is 2.53. The van der Waals surface area contributed by atoms with E-state index in [2.05, 4.69) is 13.8 Å². The zero-order valence-electron chi connectivity index (χ0n) is 15.9. The summed E-state index contributed by atoms with van der Waals surface area (Å²) in [6.45, 7) is 4.16. The predicted molar refractivity (Wildman–Crippen MR) is 101 cm³/mol. The summed E-state index contributed by atoms with van der Waals surface area (Å²) in [5.41, 5.74) is 2.52. The molecule has 26 heavy (non-hydrogen) atoms. The lowest BCUT2D eigenvalue weighted by Gasteiger charge is -2.56. The fraction of sp³-hybridized carbons (Fsp3) is 0.652. The minimum atomic E-state index is -0.266. The quantitative estimate of drug-likeness (QED) is 0.741. The van der Waals surface area contributed by atoms with Crippen LogP contribution in [0, 0.1) is 29.0 Å². The predicted octanol–water partition coefficient (Wildman–Crippen LogP) is 5.13. The van der Waals surface area contributed by atoms with Crippen LogP contribution in [0.25, 0.3) is 0 Å². The number of aliphatic imine (C=N–C) groups is 1. The van der Waals surface area contributed by atoms with E-state index >= 15 is 0 Å². The van der Waals surface area contributed by atoms with Gasteiger partial charge in [0.2, 0.25) is 0 Å². The van der Waals surface area contributed by atoms with Gasteiger partial charge in [-0.1, -0.05) is 0 Å². The Labute approximate surface area is 155 Å². The molecule has 0 amide bonds. The third kappa shape index (κ3) is 2.66. The molecule has 6 rings (SSSR count). The summed E-state index contributed by atoms with van der Waals surface area (Å²) >= 11 is 0. The molecule has 1 heterocycles. The van der Waals surface area contributed by atoms with Crippen LogP contribution in [0.3, 0.4) is 0 Å². The van der Waals surface area contributed by atoms with Gasteiger partial charge in [0.15, 0.2) is 0 Å². The molecule has 0 aromatic heterocycles. The van der Waals surface area contributed by atoms with E-state index in [1.165, 1.54) is 25.3 Å². The Bertz CT molecular complexity index is 771. The Balaban J connectivity index is 1.45. The maximum atomic E-state index is 13.7. The highest BCUT2D eigenvalue weighted by atomic mass is 19.1. The number of halogens is 1. The Morgan fingerprint density at radius 3 is 2.35 bits per heavy atom. The highest BCUT2D eigenvalue weighted by Gasteiger charge is 2.54. The summed E-state index contributed by atoms with van der Waals surface area (Å²) in [5, 5.41) is 0. The molecular weight excluding hydrogens is 325 g/mol. The molecule has 5 aliphatic rings. The smallest absolute Gasteiger partial charge is 0.145 e. The van der Waals surface area contributed by atoms with E-state index < -0.39 is 0 Å². The number of Topliss-reactive ketones (excluding diaryl/α,β-unsaturated/α-hetero) is 1. The van der Waals surface area contributed by atoms with E-state index in [0.717, 1.165) is 60.3 Å². The molecule has 3 heteroatoms. The number of rotatable bonds is 3. The number of hydrogen-bond donors (Lipinski definition) is 0. The van der Waals surface area contributed by atoms with Crippen LogP contribution >= 0.6 is 0 Å². The van der Waals surface area contributed by atoms with Crippen molar-refractivity contribution < 1.29 is 9.18 Å². The van der Waals surface area contributed by atoms with E-state index in [-0.39, 0.29) is 16.8 Å². The maximum absolute atomic E-state index is 13.7. The zero-order chi connectivity index (χ0) is 18.1. The summed E-state index contributed by atoms with van der Waals surface area (Å²) in [6, 6.07) is 4.95. The highest BCUT2D eigenvalue weighted by Crippen LogP contribution is 2.60. The molecule has 4 bridgehead atoms. The van der Waals surface area contributed by atoms with E-state index in [4.69, 9.17) is 4.99 Å². The van der Waals surface area contributed by atoms with Crippen molar-refractivity contribution in [3.63, 3.8) is 0 Å². The number of carbonyl (C=O) groups excluding carboxylic acids is 1. The number of ketones is 1. The average molecular weight is 353 g/mol. The third-order valence-electron chi connectivity index (χ3n) is 7.40. The van der Waals surface area contributed by atoms with Crippen molar-refractivity contribution >= 4 is 11.5 Å². The Morgan fingerprint density at radius 2 is 1.73 bits per heavy atom. The lowest BCUT2D eigenvalue weighted by atomic mass is 9.48. The van der Waals surface area contributed by atoms with Gasteiger partial charge in [-0.2, -0.15) is 0 Å². The lowest BCUT2D eigenvalue weighted by Crippen LogP contribution is -2.50. The number of hydrogen-bond acceptors (Lipinski definition) is 2. The first-order chi connectivity index (χ1) is 12.3. The van der Waals surface area contributed by atoms with Gasteiger partial charge in [0.05, 0.1) is 11.3 Å². The summed E-state index contributed by atoms with van der Waals surface area (Å²) in [6.07, 6.45) is 8.51. The lowest BCUT2D eigenvalue weighted by molar-refractivity contribution is -0.142. The molecule has 4 aliphatic carbocycles. The number of carbonyl (C=O) groups is 1. The average Bonchev–Trinajstić information content (AvgIpc) is 2.51. The van der Waals surface area contributed by atoms with Crippen molar-refractivity contribution in [2.75, 3.05) is 0 Å². The van der Waals surface area contributed by atoms with Gasteiger partial charge in [0.1, 0.15) is 11.6 Å². The normalized spacial score (nSPS) is 36.6. The third-order valence-corrected chi connectivity index (χ3v) is 7.40. The first-order valence-corrected chi connectivity index (χ1v) is 10.2. The van der Waals surface area contributed by atoms with Gasteiger partial charge in [0, 0.05) is 11.8 Å². The van der Waals surface area contributed by atoms with Crippen molar-refractivity contribution in [3.05, 3.63) is 35.1 Å². The van der Waals surface area contributed by atoms with E-state index in [9.17, 15) is 9.18 Å². The molecule has 0 spiro atoms. The summed E-state index contributed by atoms with van der Waals surface area (Å²) in [7, 11) is 0. The fourth-order valence-electron chi connectivity index (χ4n) is 6.85. The van der Waals surface area contributed by atoms with Crippen molar-refractivity contribution in [2.45, 2.75) is 70.8 Å². The molecule has 0 N–H and O–H groups in total. The Kier molecular flexibility index (Phi) is 3.52. The van der Waals surface area contributed by atoms with Gasteiger partial charge in [-0.3, -0.25) is 9.79 Å². The van der Waals surface area contributed by atoms with Gasteiger partial charge in [-0.25, -0.2) is 4.39 Å². The van der Waals surface area contributed by atoms with Crippen LogP contribution in [-0.4, -0.2) is 17.0 Å². The largest absolute Gasteiger partial charge is 0.299 e. The topological polar surface area (TPSA) is 29.4 Å². The van der Waals surface area contributed by atoms with E-state index in [1.807, 2.05) is 6.07 Å². The monoisotopic (exact) mass is 353 g/mol. The van der Waals surface area contributed by atoms with Crippen molar-refractivity contribution in [3.8, 4) is 0 Å². The molecule has 1 aliphatic heterocycles. The Morgan fingerprint density at radius 1 is 1.12 bits per heavy atom. The van der Waals surface area contributed by atoms with Crippen LogP contribution in [-0.2, 0) is 11.2 Å². The van der Waals surface area contributed by atoms with E-state index in [0.29, 0.717) is 12.2 Å². The van der Waals surface area contributed by atoms with Crippen molar-refractivity contribution in [1.82, 2.24) is 0 Å². The minimum Gasteiger partial charge on any atom is -0.299 e. The second-order valence-electron chi connectivity index (χ2n) is 10.1. The fourth-order valence-corrected chi connectivity index (χ4v) is 6.85. The molecule has 138 valence electrons.